The Morgan fingerprint density at radius 3 is 2.88 bits per heavy atom. The Labute approximate surface area is 103 Å². The van der Waals surface area contributed by atoms with Crippen LogP contribution in [0, 0.1) is 17.8 Å². The van der Waals surface area contributed by atoms with Gasteiger partial charge in [0.15, 0.2) is 0 Å². The molecule has 1 aromatic rings. The van der Waals surface area contributed by atoms with Gasteiger partial charge in [-0.2, -0.15) is 0 Å². The lowest BCUT2D eigenvalue weighted by molar-refractivity contribution is 0.329. The minimum absolute atomic E-state index is 0.633. The van der Waals surface area contributed by atoms with Gasteiger partial charge in [-0.1, -0.05) is 6.92 Å². The van der Waals surface area contributed by atoms with Crippen LogP contribution in [0.2, 0.25) is 0 Å². The number of nitrogens with one attached hydrogen (secondary N) is 2. The van der Waals surface area contributed by atoms with E-state index in [1.807, 2.05) is 12.4 Å². The predicted molar refractivity (Wildman–Crippen MR) is 68.7 cm³/mol. The van der Waals surface area contributed by atoms with Crippen molar-refractivity contribution in [2.24, 2.45) is 17.8 Å². The fraction of sp³-hybridized carbons (Fsp3) is 0.786. The quantitative estimate of drug-likeness (QED) is 0.792. The van der Waals surface area contributed by atoms with Crippen LogP contribution >= 0.6 is 0 Å². The molecule has 2 saturated carbocycles. The summed E-state index contributed by atoms with van der Waals surface area (Å²) in [5, 5.41) is 3.73. The molecule has 0 spiro atoms. The molecular formula is C14H23N3. The number of nitrogens with zero attached hydrogens (tertiary/aromatic N) is 1. The molecule has 3 nitrogen and oxygen atoms in total. The van der Waals surface area contributed by atoms with E-state index in [2.05, 4.69) is 22.2 Å². The van der Waals surface area contributed by atoms with Crippen LogP contribution in [0.4, 0.5) is 0 Å². The van der Waals surface area contributed by atoms with E-state index in [4.69, 9.17) is 0 Å². The van der Waals surface area contributed by atoms with E-state index in [1.165, 1.54) is 25.7 Å². The van der Waals surface area contributed by atoms with Crippen molar-refractivity contribution < 1.29 is 0 Å². The van der Waals surface area contributed by atoms with Crippen molar-refractivity contribution in [3.63, 3.8) is 0 Å². The molecule has 0 saturated heterocycles. The third kappa shape index (κ3) is 2.54. The summed E-state index contributed by atoms with van der Waals surface area (Å²) in [4.78, 5) is 7.61. The van der Waals surface area contributed by atoms with Gasteiger partial charge in [0.25, 0.3) is 0 Å². The first-order valence-electron chi connectivity index (χ1n) is 7.08. The number of fused-ring (bicyclic) bond motifs is 1. The van der Waals surface area contributed by atoms with Crippen molar-refractivity contribution in [1.29, 1.82) is 0 Å². The van der Waals surface area contributed by atoms with Crippen molar-refractivity contribution >= 4 is 0 Å². The highest BCUT2D eigenvalue weighted by molar-refractivity contribution is 5.02. The van der Waals surface area contributed by atoms with Crippen LogP contribution in [0.15, 0.2) is 12.4 Å². The monoisotopic (exact) mass is 233 g/mol. The van der Waals surface area contributed by atoms with Gasteiger partial charge in [0.2, 0.25) is 0 Å². The average Bonchev–Trinajstić information content (AvgIpc) is 2.80. The van der Waals surface area contributed by atoms with Gasteiger partial charge < -0.3 is 10.3 Å². The first-order chi connectivity index (χ1) is 8.36. The molecule has 2 aliphatic rings. The molecule has 2 N–H and O–H groups in total. The number of imidazole rings is 1. The minimum atomic E-state index is 0.633. The summed E-state index contributed by atoms with van der Waals surface area (Å²) >= 11 is 0. The van der Waals surface area contributed by atoms with Crippen LogP contribution in [0.3, 0.4) is 0 Å². The Bertz CT molecular complexity index is 336. The van der Waals surface area contributed by atoms with Crippen LogP contribution < -0.4 is 5.32 Å². The van der Waals surface area contributed by atoms with Crippen molar-refractivity contribution in [3.05, 3.63) is 18.2 Å². The van der Waals surface area contributed by atoms with E-state index in [0.717, 1.165) is 36.5 Å². The standard InChI is InChI=1S/C14H23N3/c1-2-3-15-13(9-14-16-4-5-17-14)12-7-10-6-11(10)8-12/h4-5,10-13,15H,2-3,6-9H2,1H3,(H,16,17). The summed E-state index contributed by atoms with van der Waals surface area (Å²) in [7, 11) is 0. The topological polar surface area (TPSA) is 40.7 Å². The second-order valence-corrected chi connectivity index (χ2v) is 5.79. The molecule has 1 heterocycles. The van der Waals surface area contributed by atoms with Gasteiger partial charge in [-0.3, -0.25) is 0 Å². The molecule has 94 valence electrons. The highest BCUT2D eigenvalue weighted by Crippen LogP contribution is 2.55. The Kier molecular flexibility index (Phi) is 3.19. The van der Waals surface area contributed by atoms with Gasteiger partial charge in [-0.15, -0.1) is 0 Å². The molecule has 0 bridgehead atoms. The van der Waals surface area contributed by atoms with Crippen LogP contribution in [-0.2, 0) is 6.42 Å². The maximum Gasteiger partial charge on any atom is 0.107 e. The average molecular weight is 233 g/mol. The molecule has 2 aliphatic carbocycles. The normalized spacial score (nSPS) is 32.4. The summed E-state index contributed by atoms with van der Waals surface area (Å²) in [6, 6.07) is 0.633. The zero-order valence-electron chi connectivity index (χ0n) is 10.7. The number of H-pyrrole nitrogens is 1. The molecule has 0 aromatic carbocycles. The number of aromatic nitrogens is 2. The van der Waals surface area contributed by atoms with E-state index < -0.39 is 0 Å². The number of hydrogen-bond acceptors (Lipinski definition) is 2. The lowest BCUT2D eigenvalue weighted by Gasteiger charge is -2.25. The first kappa shape index (κ1) is 11.3. The molecule has 0 amide bonds. The maximum absolute atomic E-state index is 4.37. The lowest BCUT2D eigenvalue weighted by atomic mass is 9.92. The number of rotatable bonds is 6. The molecule has 17 heavy (non-hydrogen) atoms. The first-order valence-corrected chi connectivity index (χ1v) is 7.08. The van der Waals surface area contributed by atoms with Crippen molar-refractivity contribution in [3.8, 4) is 0 Å². The SMILES string of the molecule is CCCNC(Cc1ncc[nH]1)C1CC2CC2C1. The van der Waals surface area contributed by atoms with Crippen molar-refractivity contribution in [2.75, 3.05) is 6.54 Å². The van der Waals surface area contributed by atoms with Gasteiger partial charge in [0.1, 0.15) is 5.82 Å². The molecule has 3 unspecified atom stereocenters. The molecule has 0 aliphatic heterocycles. The molecule has 1 aromatic heterocycles. The van der Waals surface area contributed by atoms with Crippen molar-refractivity contribution in [2.45, 2.75) is 45.1 Å². The van der Waals surface area contributed by atoms with Gasteiger partial charge in [0, 0.05) is 24.9 Å². The van der Waals surface area contributed by atoms with E-state index in [-0.39, 0.29) is 0 Å². The van der Waals surface area contributed by atoms with E-state index >= 15 is 0 Å². The molecule has 3 rings (SSSR count). The third-order valence-electron chi connectivity index (χ3n) is 4.47. The van der Waals surface area contributed by atoms with E-state index in [0.29, 0.717) is 6.04 Å². The maximum atomic E-state index is 4.37. The van der Waals surface area contributed by atoms with E-state index in [1.54, 1.807) is 0 Å². The zero-order chi connectivity index (χ0) is 11.7. The van der Waals surface area contributed by atoms with Gasteiger partial charge in [-0.05, 0) is 50.0 Å². The van der Waals surface area contributed by atoms with Gasteiger partial charge >= 0.3 is 0 Å². The molecule has 3 heteroatoms. The summed E-state index contributed by atoms with van der Waals surface area (Å²) in [5.41, 5.74) is 0. The summed E-state index contributed by atoms with van der Waals surface area (Å²) in [6.07, 6.45) is 10.5. The lowest BCUT2D eigenvalue weighted by Crippen LogP contribution is -2.38. The number of aromatic amines is 1. The largest absolute Gasteiger partial charge is 0.349 e. The van der Waals surface area contributed by atoms with Crippen LogP contribution in [-0.4, -0.2) is 22.6 Å². The Morgan fingerprint density at radius 2 is 2.24 bits per heavy atom. The highest BCUT2D eigenvalue weighted by atomic mass is 15.0. The Morgan fingerprint density at radius 1 is 1.41 bits per heavy atom. The fourth-order valence-electron chi connectivity index (χ4n) is 3.44. The second-order valence-electron chi connectivity index (χ2n) is 5.79. The third-order valence-corrected chi connectivity index (χ3v) is 4.47. The zero-order valence-corrected chi connectivity index (χ0v) is 10.7. The fourth-order valence-corrected chi connectivity index (χ4v) is 3.44. The van der Waals surface area contributed by atoms with Gasteiger partial charge in [0.05, 0.1) is 0 Å². The number of hydrogen-bond donors (Lipinski definition) is 2. The summed E-state index contributed by atoms with van der Waals surface area (Å²) in [5.74, 6) is 4.17. The smallest absolute Gasteiger partial charge is 0.107 e. The summed E-state index contributed by atoms with van der Waals surface area (Å²) < 4.78 is 0. The van der Waals surface area contributed by atoms with Crippen molar-refractivity contribution in [1.82, 2.24) is 15.3 Å². The second kappa shape index (κ2) is 4.81. The van der Waals surface area contributed by atoms with E-state index in [9.17, 15) is 0 Å². The molecule has 0 radical (unpaired) electrons. The molecule has 3 atom stereocenters. The summed E-state index contributed by atoms with van der Waals surface area (Å²) in [6.45, 7) is 3.38. The molecule has 2 fully saturated rings. The minimum Gasteiger partial charge on any atom is -0.349 e. The van der Waals surface area contributed by atoms with Crippen LogP contribution in [0.5, 0.6) is 0 Å². The molecular weight excluding hydrogens is 210 g/mol. The predicted octanol–water partition coefficient (Wildman–Crippen LogP) is 2.37. The van der Waals surface area contributed by atoms with Crippen LogP contribution in [0.1, 0.15) is 38.4 Å². The highest BCUT2D eigenvalue weighted by Gasteiger charge is 2.47. The van der Waals surface area contributed by atoms with Crippen LogP contribution in [0.25, 0.3) is 0 Å². The Balaban J connectivity index is 1.59. The van der Waals surface area contributed by atoms with Gasteiger partial charge in [-0.25, -0.2) is 4.98 Å². The Hall–Kier alpha value is -0.830.